The Bertz CT molecular complexity index is 665. The van der Waals surface area contributed by atoms with Crippen molar-refractivity contribution in [3.63, 3.8) is 0 Å². The highest BCUT2D eigenvalue weighted by Gasteiger charge is 2.48. The van der Waals surface area contributed by atoms with E-state index in [1.54, 1.807) is 18.3 Å². The van der Waals surface area contributed by atoms with Crippen LogP contribution < -0.4 is 5.32 Å². The van der Waals surface area contributed by atoms with Gasteiger partial charge in [0.25, 0.3) is 0 Å². The number of thiophene rings is 1. The minimum atomic E-state index is -0.949. The number of aliphatic carboxylic acids is 1. The molecule has 0 radical (unpaired) electrons. The van der Waals surface area contributed by atoms with Crippen LogP contribution in [0.2, 0.25) is 0 Å². The van der Waals surface area contributed by atoms with Gasteiger partial charge >= 0.3 is 5.97 Å². The number of carbonyl (C=O) groups is 1. The van der Waals surface area contributed by atoms with Gasteiger partial charge in [0.15, 0.2) is 0 Å². The lowest BCUT2D eigenvalue weighted by atomic mass is 9.96. The fourth-order valence-corrected chi connectivity index (χ4v) is 3.35. The third kappa shape index (κ3) is 2.14. The first-order valence-corrected chi connectivity index (χ1v) is 7.61. The normalized spacial score (nSPS) is 17.9. The fraction of sp³-hybridized carbons (Fsp3) is 0.500. The van der Waals surface area contributed by atoms with Gasteiger partial charge in [0, 0.05) is 4.88 Å². The van der Waals surface area contributed by atoms with Crippen LogP contribution >= 0.6 is 11.3 Å². The molecule has 1 saturated carbocycles. The highest BCUT2D eigenvalue weighted by atomic mass is 32.1. The molecule has 6 heteroatoms. The number of fused-ring (bicyclic) bond motifs is 1. The van der Waals surface area contributed by atoms with Gasteiger partial charge in [-0.05, 0) is 38.2 Å². The van der Waals surface area contributed by atoms with Crippen molar-refractivity contribution in [2.45, 2.75) is 38.6 Å². The smallest absolute Gasteiger partial charge is 0.329 e. The molecule has 5 nitrogen and oxygen atoms in total. The summed E-state index contributed by atoms with van der Waals surface area (Å²) in [5.41, 5.74) is -0.949. The maximum absolute atomic E-state index is 11.6. The second-order valence-electron chi connectivity index (χ2n) is 5.41. The number of nitrogens with one attached hydrogen (secondary N) is 1. The summed E-state index contributed by atoms with van der Waals surface area (Å²) in [5, 5.41) is 13.6. The van der Waals surface area contributed by atoms with Crippen LogP contribution in [0, 0.1) is 5.92 Å². The zero-order valence-electron chi connectivity index (χ0n) is 11.5. The maximum Gasteiger partial charge on any atom is 0.329 e. The van der Waals surface area contributed by atoms with Gasteiger partial charge in [-0.3, -0.25) is 0 Å². The largest absolute Gasteiger partial charge is 0.480 e. The fourth-order valence-electron chi connectivity index (χ4n) is 2.42. The molecule has 0 aliphatic heterocycles. The first-order chi connectivity index (χ1) is 9.54. The van der Waals surface area contributed by atoms with Crippen molar-refractivity contribution < 1.29 is 9.90 Å². The van der Waals surface area contributed by atoms with Crippen molar-refractivity contribution in [2.75, 3.05) is 5.32 Å². The van der Waals surface area contributed by atoms with Gasteiger partial charge in [-0.15, -0.1) is 11.3 Å². The molecule has 0 saturated heterocycles. The van der Waals surface area contributed by atoms with Crippen molar-refractivity contribution in [3.8, 4) is 0 Å². The van der Waals surface area contributed by atoms with E-state index in [0.29, 0.717) is 5.82 Å². The Morgan fingerprint density at radius 2 is 2.30 bits per heavy atom. The Balaban J connectivity index is 2.01. The molecule has 2 aromatic heterocycles. The van der Waals surface area contributed by atoms with Gasteiger partial charge in [-0.1, -0.05) is 6.92 Å². The minimum Gasteiger partial charge on any atom is -0.480 e. The lowest BCUT2D eigenvalue weighted by Gasteiger charge is -2.26. The summed E-state index contributed by atoms with van der Waals surface area (Å²) in [7, 11) is 0. The SMILES string of the molecule is CCc1cc2c(NC(C)(C(=O)O)C3CC3)ncnc2s1. The van der Waals surface area contributed by atoms with Crippen LogP contribution in [-0.2, 0) is 11.2 Å². The molecule has 0 amide bonds. The second kappa shape index (κ2) is 4.70. The molecule has 106 valence electrons. The number of carboxylic acid groups (broad SMARTS) is 1. The van der Waals surface area contributed by atoms with Crippen molar-refractivity contribution >= 4 is 33.3 Å². The lowest BCUT2D eigenvalue weighted by molar-refractivity contribution is -0.142. The van der Waals surface area contributed by atoms with Crippen molar-refractivity contribution in [2.24, 2.45) is 5.92 Å². The van der Waals surface area contributed by atoms with Gasteiger partial charge in [-0.25, -0.2) is 14.8 Å². The molecule has 2 aromatic rings. The average molecular weight is 291 g/mol. The summed E-state index contributed by atoms with van der Waals surface area (Å²) < 4.78 is 0. The predicted octanol–water partition coefficient (Wildman–Crippen LogP) is 2.92. The summed E-state index contributed by atoms with van der Waals surface area (Å²) in [6.45, 7) is 3.84. The predicted molar refractivity (Wildman–Crippen MR) is 79.2 cm³/mol. The van der Waals surface area contributed by atoms with Crippen molar-refractivity contribution in [3.05, 3.63) is 17.3 Å². The molecule has 0 aromatic carbocycles. The number of aromatic nitrogens is 2. The molecular formula is C14H17N3O2S. The zero-order chi connectivity index (χ0) is 14.3. The monoisotopic (exact) mass is 291 g/mol. The van der Waals surface area contributed by atoms with Crippen LogP contribution in [0.5, 0.6) is 0 Å². The van der Waals surface area contributed by atoms with E-state index in [1.165, 1.54) is 11.2 Å². The standard InChI is InChI=1S/C14H17N3O2S/c1-3-9-6-10-11(15-7-16-12(10)20-9)17-14(2,13(18)19)8-4-5-8/h6-8H,3-5H2,1-2H3,(H,18,19)(H,15,16,17). The van der Waals surface area contributed by atoms with Gasteiger partial charge in [0.1, 0.15) is 22.5 Å². The number of nitrogens with zero attached hydrogens (tertiary/aromatic N) is 2. The highest BCUT2D eigenvalue weighted by molar-refractivity contribution is 7.18. The number of anilines is 1. The molecule has 1 aliphatic carbocycles. The van der Waals surface area contributed by atoms with Crippen molar-refractivity contribution in [1.82, 2.24) is 9.97 Å². The maximum atomic E-state index is 11.6. The molecule has 1 aliphatic rings. The molecule has 1 unspecified atom stereocenters. The third-order valence-electron chi connectivity index (χ3n) is 3.95. The molecule has 20 heavy (non-hydrogen) atoms. The Kier molecular flexibility index (Phi) is 3.12. The first kappa shape index (κ1) is 13.3. The van der Waals surface area contributed by atoms with Crippen LogP contribution in [0.1, 0.15) is 31.6 Å². The summed E-state index contributed by atoms with van der Waals surface area (Å²) in [4.78, 5) is 22.3. The van der Waals surface area contributed by atoms with Gasteiger partial charge in [-0.2, -0.15) is 0 Å². The van der Waals surface area contributed by atoms with E-state index in [-0.39, 0.29) is 5.92 Å². The van der Waals surface area contributed by atoms with Crippen LogP contribution in [0.4, 0.5) is 5.82 Å². The van der Waals surface area contributed by atoms with Crippen LogP contribution in [0.25, 0.3) is 10.2 Å². The molecule has 1 fully saturated rings. The van der Waals surface area contributed by atoms with E-state index in [1.807, 2.05) is 0 Å². The topological polar surface area (TPSA) is 75.1 Å². The van der Waals surface area contributed by atoms with Crippen LogP contribution in [0.3, 0.4) is 0 Å². The quantitative estimate of drug-likeness (QED) is 0.886. The van der Waals surface area contributed by atoms with Gasteiger partial charge in [0.2, 0.25) is 0 Å². The molecule has 2 heterocycles. The Morgan fingerprint density at radius 3 is 2.90 bits per heavy atom. The van der Waals surface area contributed by atoms with Crippen LogP contribution in [-0.4, -0.2) is 26.6 Å². The Morgan fingerprint density at radius 1 is 1.55 bits per heavy atom. The van der Waals surface area contributed by atoms with Crippen molar-refractivity contribution in [1.29, 1.82) is 0 Å². The number of aryl methyl sites for hydroxylation is 1. The average Bonchev–Trinajstić information content (AvgIpc) is 3.18. The molecule has 3 rings (SSSR count). The van der Waals surface area contributed by atoms with E-state index in [4.69, 9.17) is 0 Å². The molecule has 1 atom stereocenters. The number of hydrogen-bond donors (Lipinski definition) is 2. The first-order valence-electron chi connectivity index (χ1n) is 6.79. The number of carboxylic acids is 1. The Hall–Kier alpha value is -1.69. The van der Waals surface area contributed by atoms with E-state index in [0.717, 1.165) is 29.5 Å². The zero-order valence-corrected chi connectivity index (χ0v) is 12.3. The van der Waals surface area contributed by atoms with Gasteiger partial charge in [0.05, 0.1) is 5.39 Å². The molecular weight excluding hydrogens is 274 g/mol. The summed E-state index contributed by atoms with van der Waals surface area (Å²) >= 11 is 1.63. The summed E-state index contributed by atoms with van der Waals surface area (Å²) in [6.07, 6.45) is 4.34. The lowest BCUT2D eigenvalue weighted by Crippen LogP contribution is -2.45. The number of hydrogen-bond acceptors (Lipinski definition) is 5. The third-order valence-corrected chi connectivity index (χ3v) is 5.13. The van der Waals surface area contributed by atoms with E-state index in [2.05, 4.69) is 28.3 Å². The Labute approximate surface area is 121 Å². The molecule has 0 spiro atoms. The van der Waals surface area contributed by atoms with E-state index < -0.39 is 11.5 Å². The van der Waals surface area contributed by atoms with E-state index in [9.17, 15) is 9.90 Å². The number of rotatable bonds is 5. The second-order valence-corrected chi connectivity index (χ2v) is 6.53. The van der Waals surface area contributed by atoms with E-state index >= 15 is 0 Å². The molecule has 0 bridgehead atoms. The van der Waals surface area contributed by atoms with Gasteiger partial charge < -0.3 is 10.4 Å². The van der Waals surface area contributed by atoms with Crippen LogP contribution in [0.15, 0.2) is 12.4 Å². The highest BCUT2D eigenvalue weighted by Crippen LogP contribution is 2.42. The summed E-state index contributed by atoms with van der Waals surface area (Å²) in [6, 6.07) is 2.05. The molecule has 2 N–H and O–H groups in total. The summed E-state index contributed by atoms with van der Waals surface area (Å²) in [5.74, 6) is -0.0187. The minimum absolute atomic E-state index is 0.175.